The molecular formula is C21H42O. The molecule has 0 bridgehead atoms. The first kappa shape index (κ1) is 21.5. The molecule has 0 N–H and O–H groups in total. The van der Waals surface area contributed by atoms with Crippen molar-refractivity contribution >= 4 is 0 Å². The Kier molecular flexibility index (Phi) is 20.1. The van der Waals surface area contributed by atoms with Gasteiger partial charge in [0, 0.05) is 0 Å². The average Bonchev–Trinajstić information content (AvgIpc) is 2.54. The van der Waals surface area contributed by atoms with E-state index >= 15 is 0 Å². The Balaban J connectivity index is 2.98. The summed E-state index contributed by atoms with van der Waals surface area (Å²) in [6.07, 6.45) is 26.4. The van der Waals surface area contributed by atoms with Gasteiger partial charge in [-0.05, 0) is 25.3 Å². The van der Waals surface area contributed by atoms with Gasteiger partial charge in [-0.3, -0.25) is 0 Å². The van der Waals surface area contributed by atoms with E-state index in [4.69, 9.17) is 4.74 Å². The van der Waals surface area contributed by atoms with Crippen molar-refractivity contribution in [3.05, 3.63) is 12.3 Å². The van der Waals surface area contributed by atoms with Crippen molar-refractivity contribution in [2.45, 2.75) is 117 Å². The summed E-state index contributed by atoms with van der Waals surface area (Å²) in [4.78, 5) is 0. The fraction of sp³-hybridized carbons (Fsp3) is 0.905. The lowest BCUT2D eigenvalue weighted by molar-refractivity contribution is 0.248. The zero-order valence-corrected chi connectivity index (χ0v) is 15.6. The van der Waals surface area contributed by atoms with Gasteiger partial charge in [-0.15, -0.1) is 0 Å². The van der Waals surface area contributed by atoms with E-state index in [1.54, 1.807) is 0 Å². The van der Waals surface area contributed by atoms with Crippen LogP contribution in [0.1, 0.15) is 117 Å². The van der Waals surface area contributed by atoms with Gasteiger partial charge in [-0.1, -0.05) is 97.3 Å². The van der Waals surface area contributed by atoms with E-state index in [9.17, 15) is 0 Å². The predicted molar refractivity (Wildman–Crippen MR) is 100 cm³/mol. The first-order valence-electron chi connectivity index (χ1n) is 10.2. The molecule has 0 rings (SSSR count). The first-order chi connectivity index (χ1) is 10.9. The minimum Gasteiger partial charge on any atom is -0.502 e. The molecule has 0 aliphatic carbocycles. The van der Waals surface area contributed by atoms with E-state index in [1.807, 2.05) is 6.26 Å². The zero-order valence-electron chi connectivity index (χ0n) is 15.6. The lowest BCUT2D eigenvalue weighted by Gasteiger charge is -2.02. The van der Waals surface area contributed by atoms with Crippen LogP contribution < -0.4 is 0 Å². The molecule has 1 heteroatoms. The Labute approximate surface area is 140 Å². The third-order valence-electron chi connectivity index (χ3n) is 4.24. The number of rotatable bonds is 18. The Morgan fingerprint density at radius 2 is 1.00 bits per heavy atom. The summed E-state index contributed by atoms with van der Waals surface area (Å²) in [5.74, 6) is 0. The third-order valence-corrected chi connectivity index (χ3v) is 4.24. The Bertz CT molecular complexity index is 210. The smallest absolute Gasteiger partial charge is 0.0870 e. The summed E-state index contributed by atoms with van der Waals surface area (Å²) >= 11 is 0. The average molecular weight is 311 g/mol. The maximum absolute atomic E-state index is 5.32. The van der Waals surface area contributed by atoms with Crippen LogP contribution in [0.2, 0.25) is 0 Å². The Morgan fingerprint density at radius 1 is 0.545 bits per heavy atom. The monoisotopic (exact) mass is 310 g/mol. The summed E-state index contributed by atoms with van der Waals surface area (Å²) in [6.45, 7) is 5.29. The molecule has 0 saturated heterocycles. The van der Waals surface area contributed by atoms with Crippen LogP contribution >= 0.6 is 0 Å². The molecule has 0 saturated carbocycles. The lowest BCUT2D eigenvalue weighted by atomic mass is 10.0. The van der Waals surface area contributed by atoms with E-state index in [1.165, 1.54) is 96.3 Å². The van der Waals surface area contributed by atoms with E-state index in [0.29, 0.717) is 0 Å². The molecule has 0 aromatic rings. The molecule has 0 radical (unpaired) electrons. The van der Waals surface area contributed by atoms with Gasteiger partial charge >= 0.3 is 0 Å². The number of unbranched alkanes of at least 4 members (excludes halogenated alkanes) is 14. The molecule has 132 valence electrons. The van der Waals surface area contributed by atoms with E-state index < -0.39 is 0 Å². The van der Waals surface area contributed by atoms with Gasteiger partial charge in [0.05, 0.1) is 12.9 Å². The van der Waals surface area contributed by atoms with Crippen molar-refractivity contribution < 1.29 is 4.74 Å². The first-order valence-corrected chi connectivity index (χ1v) is 10.2. The van der Waals surface area contributed by atoms with Gasteiger partial charge < -0.3 is 4.74 Å². The molecule has 0 fully saturated rings. The minimum atomic E-state index is 0.856. The highest BCUT2D eigenvalue weighted by molar-refractivity contribution is 4.73. The maximum atomic E-state index is 5.32. The van der Waals surface area contributed by atoms with Crippen molar-refractivity contribution in [2.24, 2.45) is 0 Å². The van der Waals surface area contributed by atoms with Crippen LogP contribution in [0.3, 0.4) is 0 Å². The quantitative estimate of drug-likeness (QED) is 0.185. The topological polar surface area (TPSA) is 9.23 Å². The van der Waals surface area contributed by atoms with Crippen LogP contribution in [-0.4, -0.2) is 6.61 Å². The molecule has 0 amide bonds. The molecule has 0 atom stereocenters. The van der Waals surface area contributed by atoms with Crippen LogP contribution in [0.5, 0.6) is 0 Å². The van der Waals surface area contributed by atoms with Crippen LogP contribution in [0.25, 0.3) is 0 Å². The zero-order chi connectivity index (χ0) is 16.1. The van der Waals surface area contributed by atoms with E-state index in [2.05, 4.69) is 19.9 Å². The van der Waals surface area contributed by atoms with Crippen molar-refractivity contribution in [3.8, 4) is 0 Å². The van der Waals surface area contributed by atoms with Gasteiger partial charge in [0.1, 0.15) is 0 Å². The fourth-order valence-corrected chi connectivity index (χ4v) is 2.78. The third kappa shape index (κ3) is 19.5. The van der Waals surface area contributed by atoms with Gasteiger partial charge in [-0.2, -0.15) is 0 Å². The fourth-order valence-electron chi connectivity index (χ4n) is 2.78. The normalized spacial score (nSPS) is 11.4. The molecule has 0 unspecified atom stereocenters. The number of hydrogen-bond acceptors (Lipinski definition) is 1. The maximum Gasteiger partial charge on any atom is 0.0870 e. The van der Waals surface area contributed by atoms with Gasteiger partial charge in [-0.25, -0.2) is 0 Å². The van der Waals surface area contributed by atoms with Crippen molar-refractivity contribution in [2.75, 3.05) is 6.61 Å². The van der Waals surface area contributed by atoms with Gasteiger partial charge in [0.15, 0.2) is 0 Å². The molecule has 0 heterocycles. The van der Waals surface area contributed by atoms with Gasteiger partial charge in [0.2, 0.25) is 0 Å². The minimum absolute atomic E-state index is 0.856. The van der Waals surface area contributed by atoms with Crippen LogP contribution in [0.4, 0.5) is 0 Å². The molecule has 0 spiro atoms. The summed E-state index contributed by atoms with van der Waals surface area (Å²) in [5, 5.41) is 0. The van der Waals surface area contributed by atoms with Crippen molar-refractivity contribution in [1.29, 1.82) is 0 Å². The van der Waals surface area contributed by atoms with E-state index in [-0.39, 0.29) is 0 Å². The van der Waals surface area contributed by atoms with Crippen LogP contribution in [-0.2, 0) is 4.74 Å². The highest BCUT2D eigenvalue weighted by atomic mass is 16.5. The van der Waals surface area contributed by atoms with Crippen LogP contribution in [0.15, 0.2) is 12.3 Å². The second-order valence-corrected chi connectivity index (χ2v) is 6.63. The summed E-state index contributed by atoms with van der Waals surface area (Å²) < 4.78 is 5.32. The number of hydrogen-bond donors (Lipinski definition) is 0. The molecule has 0 aliphatic heterocycles. The van der Waals surface area contributed by atoms with Crippen molar-refractivity contribution in [3.63, 3.8) is 0 Å². The Morgan fingerprint density at radius 3 is 1.45 bits per heavy atom. The predicted octanol–water partition coefficient (Wildman–Crippen LogP) is 7.80. The van der Waals surface area contributed by atoms with Crippen LogP contribution in [0, 0.1) is 0 Å². The number of allylic oxidation sites excluding steroid dienone is 1. The molecule has 0 aromatic heterocycles. The molecular weight excluding hydrogens is 268 g/mol. The Hall–Kier alpha value is -0.460. The molecule has 0 aliphatic rings. The highest BCUT2D eigenvalue weighted by Crippen LogP contribution is 2.13. The second-order valence-electron chi connectivity index (χ2n) is 6.63. The summed E-state index contributed by atoms with van der Waals surface area (Å²) in [7, 11) is 0. The largest absolute Gasteiger partial charge is 0.502 e. The second kappa shape index (κ2) is 20.5. The van der Waals surface area contributed by atoms with E-state index in [0.717, 1.165) is 13.0 Å². The van der Waals surface area contributed by atoms with Crippen molar-refractivity contribution in [1.82, 2.24) is 0 Å². The lowest BCUT2D eigenvalue weighted by Crippen LogP contribution is -1.83. The molecule has 1 nitrogen and oxygen atoms in total. The summed E-state index contributed by atoms with van der Waals surface area (Å²) in [5.41, 5.74) is 0. The number of ether oxygens (including phenoxy) is 1. The van der Waals surface area contributed by atoms with Gasteiger partial charge in [0.25, 0.3) is 0 Å². The SMILES string of the molecule is CCCCCCCCCCCCCCCC/C=C/OCCC. The standard InChI is InChI=1S/C21H42O/c1-3-5-6-7-8-9-10-11-12-13-14-15-16-17-18-19-21-22-20-4-2/h19,21H,3-18,20H2,1-2H3/b21-19+. The molecule has 0 aromatic carbocycles. The molecule has 22 heavy (non-hydrogen) atoms. The summed E-state index contributed by atoms with van der Waals surface area (Å²) in [6, 6.07) is 0. The highest BCUT2D eigenvalue weighted by Gasteiger charge is 1.93.